The van der Waals surface area contributed by atoms with E-state index in [1.807, 2.05) is 0 Å². The molecule has 0 radical (unpaired) electrons. The fourth-order valence-corrected chi connectivity index (χ4v) is 1.95. The van der Waals surface area contributed by atoms with Gasteiger partial charge in [0.2, 0.25) is 0 Å². The third kappa shape index (κ3) is 3.05. The maximum Gasteiger partial charge on any atom is 0.135 e. The van der Waals surface area contributed by atoms with E-state index in [2.05, 4.69) is 0 Å². The molecule has 1 aromatic carbocycles. The zero-order valence-corrected chi connectivity index (χ0v) is 9.77. The van der Waals surface area contributed by atoms with Gasteiger partial charge in [-0.25, -0.2) is 4.39 Å². The van der Waals surface area contributed by atoms with Crippen LogP contribution in [0.25, 0.3) is 0 Å². The van der Waals surface area contributed by atoms with E-state index < -0.39 is 0 Å². The molecule has 16 heavy (non-hydrogen) atoms. The van der Waals surface area contributed by atoms with Gasteiger partial charge in [-0.3, -0.25) is 4.79 Å². The van der Waals surface area contributed by atoms with Crippen molar-refractivity contribution in [2.75, 3.05) is 0 Å². The Morgan fingerprint density at radius 2 is 2.19 bits per heavy atom. The molecule has 86 valence electrons. The second kappa shape index (κ2) is 4.96. The molecule has 0 atom stereocenters. The lowest BCUT2D eigenvalue weighted by Gasteiger charge is -2.03. The van der Waals surface area contributed by atoms with E-state index in [-0.39, 0.29) is 5.82 Å². The number of rotatable bonds is 5. The monoisotopic (exact) mass is 240 g/mol. The fourth-order valence-electron chi connectivity index (χ4n) is 1.79. The van der Waals surface area contributed by atoms with Gasteiger partial charge in [0.15, 0.2) is 0 Å². The largest absolute Gasteiger partial charge is 0.299 e. The second-order valence-electron chi connectivity index (χ2n) is 4.33. The summed E-state index contributed by atoms with van der Waals surface area (Å²) >= 11 is 5.66. The zero-order valence-electron chi connectivity index (χ0n) is 9.01. The summed E-state index contributed by atoms with van der Waals surface area (Å²) in [6.45, 7) is 0. The van der Waals surface area contributed by atoms with Crippen LogP contribution in [-0.4, -0.2) is 5.78 Å². The van der Waals surface area contributed by atoms with Gasteiger partial charge in [0.05, 0.1) is 0 Å². The van der Waals surface area contributed by atoms with Crippen molar-refractivity contribution >= 4 is 17.4 Å². The average molecular weight is 241 g/mol. The lowest BCUT2D eigenvalue weighted by atomic mass is 10.0. The topological polar surface area (TPSA) is 17.1 Å². The SMILES string of the molecule is O=C(CCCc1ccc(Cl)cc1F)C1CC1. The molecule has 1 saturated carbocycles. The highest BCUT2D eigenvalue weighted by atomic mass is 35.5. The molecule has 1 aliphatic carbocycles. The van der Waals surface area contributed by atoms with Crippen molar-refractivity contribution in [2.24, 2.45) is 5.92 Å². The van der Waals surface area contributed by atoms with E-state index in [1.54, 1.807) is 12.1 Å². The summed E-state index contributed by atoms with van der Waals surface area (Å²) in [5, 5.41) is 0.412. The van der Waals surface area contributed by atoms with Gasteiger partial charge >= 0.3 is 0 Å². The Balaban J connectivity index is 1.82. The molecule has 0 aliphatic heterocycles. The van der Waals surface area contributed by atoms with E-state index in [0.29, 0.717) is 35.1 Å². The molecule has 1 nitrogen and oxygen atoms in total. The molecular formula is C13H14ClFO. The Kier molecular flexibility index (Phi) is 3.59. The lowest BCUT2D eigenvalue weighted by Crippen LogP contribution is -2.01. The van der Waals surface area contributed by atoms with Crippen LogP contribution in [0.5, 0.6) is 0 Å². The molecule has 1 aliphatic rings. The number of benzene rings is 1. The number of halogens is 2. The van der Waals surface area contributed by atoms with Gasteiger partial charge in [-0.2, -0.15) is 0 Å². The highest BCUT2D eigenvalue weighted by molar-refractivity contribution is 6.30. The number of carbonyl (C=O) groups excluding carboxylic acids is 1. The van der Waals surface area contributed by atoms with Crippen molar-refractivity contribution in [3.63, 3.8) is 0 Å². The van der Waals surface area contributed by atoms with E-state index in [9.17, 15) is 9.18 Å². The number of aryl methyl sites for hydroxylation is 1. The van der Waals surface area contributed by atoms with Gasteiger partial charge in [-0.05, 0) is 43.4 Å². The highest BCUT2D eigenvalue weighted by Crippen LogP contribution is 2.31. The normalized spacial score (nSPS) is 15.1. The Bertz CT molecular complexity index is 399. The number of carbonyl (C=O) groups is 1. The predicted octanol–water partition coefficient (Wildman–Crippen LogP) is 3.78. The maximum absolute atomic E-state index is 13.4. The van der Waals surface area contributed by atoms with Crippen LogP contribution in [0.3, 0.4) is 0 Å². The van der Waals surface area contributed by atoms with Crippen LogP contribution in [0.4, 0.5) is 4.39 Å². The Labute approximate surface area is 99.6 Å². The molecule has 0 N–H and O–H groups in total. The van der Waals surface area contributed by atoms with Crippen LogP contribution in [0.15, 0.2) is 18.2 Å². The zero-order chi connectivity index (χ0) is 11.5. The molecule has 1 aromatic rings. The minimum absolute atomic E-state index is 0.272. The van der Waals surface area contributed by atoms with E-state index in [4.69, 9.17) is 11.6 Å². The van der Waals surface area contributed by atoms with Gasteiger partial charge in [-0.15, -0.1) is 0 Å². The van der Waals surface area contributed by atoms with E-state index in [1.165, 1.54) is 6.07 Å². The molecular weight excluding hydrogens is 227 g/mol. The first-order chi connectivity index (χ1) is 7.66. The van der Waals surface area contributed by atoms with Crippen LogP contribution in [0.1, 0.15) is 31.2 Å². The van der Waals surface area contributed by atoms with Crippen molar-refractivity contribution in [3.05, 3.63) is 34.6 Å². The third-order valence-electron chi connectivity index (χ3n) is 2.92. The lowest BCUT2D eigenvalue weighted by molar-refractivity contribution is -0.120. The van der Waals surface area contributed by atoms with Crippen LogP contribution >= 0.6 is 11.6 Å². The standard InChI is InChI=1S/C13H14ClFO/c14-11-7-6-9(12(15)8-11)2-1-3-13(16)10-4-5-10/h6-8,10H,1-5H2. The van der Waals surface area contributed by atoms with Gasteiger partial charge in [0.1, 0.15) is 11.6 Å². The molecule has 0 spiro atoms. The quantitative estimate of drug-likeness (QED) is 0.766. The number of Topliss-reactive ketones (excluding diaryl/α,β-unsaturated/α-hetero) is 1. The van der Waals surface area contributed by atoms with Crippen LogP contribution < -0.4 is 0 Å². The predicted molar refractivity (Wildman–Crippen MR) is 62.1 cm³/mol. The van der Waals surface area contributed by atoms with Crippen molar-refractivity contribution in [3.8, 4) is 0 Å². The minimum atomic E-state index is -0.272. The number of hydrogen-bond acceptors (Lipinski definition) is 1. The second-order valence-corrected chi connectivity index (χ2v) is 4.77. The van der Waals surface area contributed by atoms with Crippen LogP contribution in [0, 0.1) is 11.7 Å². The third-order valence-corrected chi connectivity index (χ3v) is 3.15. The molecule has 0 bridgehead atoms. The summed E-state index contributed by atoms with van der Waals surface area (Å²) in [7, 11) is 0. The van der Waals surface area contributed by atoms with Gasteiger partial charge in [0, 0.05) is 17.4 Å². The first-order valence-corrected chi connectivity index (χ1v) is 6.01. The highest BCUT2D eigenvalue weighted by Gasteiger charge is 2.28. The summed E-state index contributed by atoms with van der Waals surface area (Å²) in [6.07, 6.45) is 4.02. The van der Waals surface area contributed by atoms with Crippen LogP contribution in [0.2, 0.25) is 5.02 Å². The summed E-state index contributed by atoms with van der Waals surface area (Å²) in [6, 6.07) is 4.70. The molecule has 0 saturated heterocycles. The smallest absolute Gasteiger partial charge is 0.135 e. The minimum Gasteiger partial charge on any atom is -0.299 e. The molecule has 2 rings (SSSR count). The Morgan fingerprint density at radius 3 is 2.81 bits per heavy atom. The fraction of sp³-hybridized carbons (Fsp3) is 0.462. The summed E-state index contributed by atoms with van der Waals surface area (Å²) in [4.78, 5) is 11.4. The molecule has 0 heterocycles. The summed E-state index contributed by atoms with van der Waals surface area (Å²) < 4.78 is 13.4. The average Bonchev–Trinajstić information content (AvgIpc) is 3.04. The van der Waals surface area contributed by atoms with E-state index >= 15 is 0 Å². The van der Waals surface area contributed by atoms with Gasteiger partial charge in [-0.1, -0.05) is 17.7 Å². The van der Waals surface area contributed by atoms with Crippen molar-refractivity contribution < 1.29 is 9.18 Å². The Morgan fingerprint density at radius 1 is 1.44 bits per heavy atom. The van der Waals surface area contributed by atoms with Crippen LogP contribution in [-0.2, 0) is 11.2 Å². The summed E-state index contributed by atoms with van der Waals surface area (Å²) in [5.74, 6) is 0.385. The molecule has 0 aromatic heterocycles. The molecule has 1 fully saturated rings. The summed E-state index contributed by atoms with van der Waals surface area (Å²) in [5.41, 5.74) is 0.646. The van der Waals surface area contributed by atoms with Gasteiger partial charge < -0.3 is 0 Å². The van der Waals surface area contributed by atoms with E-state index in [0.717, 1.165) is 19.3 Å². The molecule has 0 unspecified atom stereocenters. The van der Waals surface area contributed by atoms with Crippen molar-refractivity contribution in [1.82, 2.24) is 0 Å². The van der Waals surface area contributed by atoms with Gasteiger partial charge in [0.25, 0.3) is 0 Å². The van der Waals surface area contributed by atoms with Crippen molar-refractivity contribution in [1.29, 1.82) is 0 Å². The first kappa shape index (κ1) is 11.6. The Hall–Kier alpha value is -0.890. The number of hydrogen-bond donors (Lipinski definition) is 0. The molecule has 0 amide bonds. The number of ketones is 1. The first-order valence-electron chi connectivity index (χ1n) is 5.63. The van der Waals surface area contributed by atoms with Crippen molar-refractivity contribution in [2.45, 2.75) is 32.1 Å². The molecule has 3 heteroatoms. The maximum atomic E-state index is 13.4.